The van der Waals surface area contributed by atoms with Gasteiger partial charge in [-0.15, -0.1) is 24.8 Å². The fraction of sp³-hybridized carbons (Fsp3) is 1.00. The Morgan fingerprint density at radius 3 is 2.19 bits per heavy atom. The highest BCUT2D eigenvalue weighted by atomic mass is 35.5. The van der Waals surface area contributed by atoms with E-state index < -0.39 is 12.1 Å². The topological polar surface area (TPSA) is 29.3 Å². The van der Waals surface area contributed by atoms with E-state index in [-0.39, 0.29) is 31.4 Å². The van der Waals surface area contributed by atoms with Crippen LogP contribution in [-0.4, -0.2) is 36.8 Å². The molecule has 2 rings (SSSR count). The molecule has 1 atom stereocenters. The Bertz CT molecular complexity index is 282. The molecule has 1 aliphatic heterocycles. The van der Waals surface area contributed by atoms with E-state index in [9.17, 15) is 13.2 Å². The van der Waals surface area contributed by atoms with Crippen LogP contribution in [0.4, 0.5) is 13.2 Å². The van der Waals surface area contributed by atoms with Crippen LogP contribution in [0.25, 0.3) is 0 Å². The van der Waals surface area contributed by atoms with E-state index >= 15 is 0 Å². The number of nitrogens with zero attached hydrogens (tertiary/aromatic N) is 1. The minimum Gasteiger partial charge on any atom is -0.328 e. The van der Waals surface area contributed by atoms with Crippen molar-refractivity contribution in [2.45, 2.75) is 57.2 Å². The number of hydrogen-bond acceptors (Lipinski definition) is 2. The highest BCUT2D eigenvalue weighted by Gasteiger charge is 2.41. The first-order chi connectivity index (χ1) is 8.95. The number of piperidine rings is 1. The molecule has 1 unspecified atom stereocenters. The Morgan fingerprint density at radius 1 is 1.00 bits per heavy atom. The summed E-state index contributed by atoms with van der Waals surface area (Å²) in [7, 11) is 0. The lowest BCUT2D eigenvalue weighted by molar-refractivity contribution is -0.186. The molecule has 2 nitrogen and oxygen atoms in total. The van der Waals surface area contributed by atoms with Gasteiger partial charge in [-0.1, -0.05) is 0 Å². The second-order valence-electron chi connectivity index (χ2n) is 6.25. The van der Waals surface area contributed by atoms with Crippen LogP contribution >= 0.6 is 24.8 Å². The van der Waals surface area contributed by atoms with Gasteiger partial charge in [-0.3, -0.25) is 0 Å². The quantitative estimate of drug-likeness (QED) is 0.832. The minimum atomic E-state index is -4.02. The maximum Gasteiger partial charge on any atom is 0.393 e. The van der Waals surface area contributed by atoms with Crippen LogP contribution in [0.15, 0.2) is 0 Å². The van der Waals surface area contributed by atoms with Gasteiger partial charge in [0.2, 0.25) is 0 Å². The number of hydrogen-bond donors (Lipinski definition) is 1. The first-order valence-corrected chi connectivity index (χ1v) is 7.50. The predicted octanol–water partition coefficient (Wildman–Crippen LogP) is 4.01. The van der Waals surface area contributed by atoms with E-state index in [1.54, 1.807) is 0 Å². The van der Waals surface area contributed by atoms with Crippen LogP contribution in [-0.2, 0) is 0 Å². The van der Waals surface area contributed by atoms with Gasteiger partial charge in [0.15, 0.2) is 0 Å². The normalized spacial score (nSPS) is 31.1. The lowest BCUT2D eigenvalue weighted by Gasteiger charge is -2.35. The van der Waals surface area contributed by atoms with Gasteiger partial charge in [-0.25, -0.2) is 0 Å². The van der Waals surface area contributed by atoms with E-state index in [4.69, 9.17) is 5.73 Å². The highest BCUT2D eigenvalue weighted by Crippen LogP contribution is 2.33. The van der Waals surface area contributed by atoms with E-state index in [1.807, 2.05) is 4.90 Å². The number of nitrogens with two attached hydrogens (primary N) is 1. The summed E-state index contributed by atoms with van der Waals surface area (Å²) in [6, 6.07) is 0.348. The van der Waals surface area contributed by atoms with Gasteiger partial charge in [-0.2, -0.15) is 13.2 Å². The van der Waals surface area contributed by atoms with Crippen LogP contribution < -0.4 is 5.73 Å². The Labute approximate surface area is 137 Å². The van der Waals surface area contributed by atoms with Crippen molar-refractivity contribution in [1.29, 1.82) is 0 Å². The summed E-state index contributed by atoms with van der Waals surface area (Å²) in [5.74, 6) is -0.438. The summed E-state index contributed by atoms with van der Waals surface area (Å²) in [6.45, 7) is 1.86. The monoisotopic (exact) mass is 350 g/mol. The van der Waals surface area contributed by atoms with E-state index in [2.05, 4.69) is 0 Å². The number of likely N-dealkylation sites (tertiary alicyclic amines) is 1. The third-order valence-corrected chi connectivity index (χ3v) is 4.71. The molecule has 0 aromatic carbocycles. The molecule has 1 saturated heterocycles. The minimum absolute atomic E-state index is 0. The van der Waals surface area contributed by atoms with Crippen molar-refractivity contribution in [3.05, 3.63) is 0 Å². The van der Waals surface area contributed by atoms with Gasteiger partial charge in [-0.05, 0) is 64.0 Å². The maximum atomic E-state index is 12.7. The molecule has 0 spiro atoms. The molecule has 128 valence electrons. The van der Waals surface area contributed by atoms with Crippen molar-refractivity contribution in [2.75, 3.05) is 19.6 Å². The summed E-state index contributed by atoms with van der Waals surface area (Å²) in [4.78, 5) is 2.01. The van der Waals surface area contributed by atoms with Gasteiger partial charge in [0.25, 0.3) is 0 Å². The van der Waals surface area contributed by atoms with Crippen molar-refractivity contribution < 1.29 is 13.2 Å². The molecule has 7 heteroatoms. The van der Waals surface area contributed by atoms with Gasteiger partial charge in [0, 0.05) is 12.6 Å². The third-order valence-electron chi connectivity index (χ3n) is 4.71. The molecule has 0 aromatic heterocycles. The second-order valence-corrected chi connectivity index (χ2v) is 6.25. The Kier molecular flexibility index (Phi) is 9.56. The molecule has 0 amide bonds. The fourth-order valence-electron chi connectivity index (χ4n) is 3.37. The van der Waals surface area contributed by atoms with Crippen molar-refractivity contribution >= 4 is 24.8 Å². The molecule has 2 fully saturated rings. The molecule has 2 aliphatic rings. The maximum absolute atomic E-state index is 12.7. The average Bonchev–Trinajstić information content (AvgIpc) is 2.37. The van der Waals surface area contributed by atoms with Gasteiger partial charge < -0.3 is 10.6 Å². The molecular weight excluding hydrogens is 324 g/mol. The summed E-state index contributed by atoms with van der Waals surface area (Å²) in [5, 5.41) is 0. The first-order valence-electron chi connectivity index (χ1n) is 7.50. The second kappa shape index (κ2) is 9.43. The zero-order valence-corrected chi connectivity index (χ0v) is 13.9. The molecule has 0 radical (unpaired) electrons. The zero-order valence-electron chi connectivity index (χ0n) is 12.3. The Hall–Kier alpha value is 0.290. The smallest absolute Gasteiger partial charge is 0.328 e. The molecule has 1 heterocycles. The largest absolute Gasteiger partial charge is 0.393 e. The average molecular weight is 351 g/mol. The predicted molar refractivity (Wildman–Crippen MR) is 84.3 cm³/mol. The highest BCUT2D eigenvalue weighted by molar-refractivity contribution is 5.85. The fourth-order valence-corrected chi connectivity index (χ4v) is 3.37. The summed E-state index contributed by atoms with van der Waals surface area (Å²) >= 11 is 0. The van der Waals surface area contributed by atoms with Crippen molar-refractivity contribution in [3.8, 4) is 0 Å². The first kappa shape index (κ1) is 21.3. The standard InChI is InChI=1S/C14H25F3N2.2ClH/c15-14(16,17)12-2-1-8-19(10-12)9-7-11-3-5-13(18)6-4-11;;/h11-13H,1-10,18H2;2*1H. The summed E-state index contributed by atoms with van der Waals surface area (Å²) in [6.07, 6.45) is 2.46. The van der Waals surface area contributed by atoms with Crippen LogP contribution in [0.1, 0.15) is 44.9 Å². The number of rotatable bonds is 3. The lowest BCUT2D eigenvalue weighted by Crippen LogP contribution is -2.42. The van der Waals surface area contributed by atoms with Crippen molar-refractivity contribution in [1.82, 2.24) is 4.90 Å². The summed E-state index contributed by atoms with van der Waals surface area (Å²) in [5.41, 5.74) is 5.87. The Balaban J connectivity index is 0.00000200. The molecule has 21 heavy (non-hydrogen) atoms. The van der Waals surface area contributed by atoms with Crippen molar-refractivity contribution in [3.63, 3.8) is 0 Å². The number of alkyl halides is 3. The molecular formula is C14H27Cl2F3N2. The van der Waals surface area contributed by atoms with Crippen LogP contribution in [0.3, 0.4) is 0 Å². The van der Waals surface area contributed by atoms with Crippen LogP contribution in [0, 0.1) is 11.8 Å². The van der Waals surface area contributed by atoms with Gasteiger partial charge in [0.05, 0.1) is 5.92 Å². The van der Waals surface area contributed by atoms with E-state index in [1.165, 1.54) is 0 Å². The van der Waals surface area contributed by atoms with E-state index in [0.29, 0.717) is 24.8 Å². The van der Waals surface area contributed by atoms with Crippen molar-refractivity contribution in [2.24, 2.45) is 17.6 Å². The molecule has 2 N–H and O–H groups in total. The summed E-state index contributed by atoms with van der Waals surface area (Å²) < 4.78 is 38.1. The SMILES string of the molecule is Cl.Cl.NC1CCC(CCN2CCCC(C(F)(F)F)C2)CC1. The van der Waals surface area contributed by atoms with Gasteiger partial charge in [0.1, 0.15) is 0 Å². The molecule has 0 bridgehead atoms. The van der Waals surface area contributed by atoms with Crippen LogP contribution in [0.5, 0.6) is 0 Å². The molecule has 0 aromatic rings. The third kappa shape index (κ3) is 6.93. The Morgan fingerprint density at radius 2 is 1.62 bits per heavy atom. The van der Waals surface area contributed by atoms with E-state index in [0.717, 1.165) is 45.2 Å². The zero-order chi connectivity index (χ0) is 13.9. The number of halogens is 5. The van der Waals surface area contributed by atoms with Crippen LogP contribution in [0.2, 0.25) is 0 Å². The lowest BCUT2D eigenvalue weighted by atomic mass is 9.84. The van der Waals surface area contributed by atoms with Gasteiger partial charge >= 0.3 is 6.18 Å². The molecule has 1 aliphatic carbocycles. The molecule has 1 saturated carbocycles.